The molecule has 0 aromatic heterocycles. The van der Waals surface area contributed by atoms with Crippen molar-refractivity contribution in [3.8, 4) is 0 Å². The predicted octanol–water partition coefficient (Wildman–Crippen LogP) is 1.93. The number of amides is 1. The summed E-state index contributed by atoms with van der Waals surface area (Å²) in [5.41, 5.74) is 0.992. The molecule has 22 heavy (non-hydrogen) atoms. The lowest BCUT2D eigenvalue weighted by Crippen LogP contribution is -2.40. The van der Waals surface area contributed by atoms with Crippen LogP contribution >= 0.6 is 24.0 Å². The van der Waals surface area contributed by atoms with Gasteiger partial charge in [0.05, 0.1) is 0 Å². The molecule has 0 saturated carbocycles. The smallest absolute Gasteiger partial charge is 0.223 e. The predicted molar refractivity (Wildman–Crippen MR) is 98.0 cm³/mol. The Morgan fingerprint density at radius 3 is 2.32 bits per heavy atom. The Bertz CT molecular complexity index is 491. The number of nitrogens with zero attached hydrogens (tertiary/aromatic N) is 3. The lowest BCUT2D eigenvalue weighted by molar-refractivity contribution is -0.128. The third kappa shape index (κ3) is 7.06. The highest BCUT2D eigenvalue weighted by Gasteiger charge is 2.08. The van der Waals surface area contributed by atoms with Crippen molar-refractivity contribution >= 4 is 35.8 Å². The molecule has 1 amide bonds. The Kier molecular flexibility index (Phi) is 9.71. The molecule has 0 bridgehead atoms. The van der Waals surface area contributed by atoms with E-state index in [2.05, 4.69) is 10.3 Å². The lowest BCUT2D eigenvalue weighted by Gasteiger charge is -2.22. The Hall–Kier alpha value is -1.38. The highest BCUT2D eigenvalue weighted by atomic mass is 127. The number of benzene rings is 1. The monoisotopic (exact) mass is 422 g/mol. The Morgan fingerprint density at radius 1 is 1.23 bits per heavy atom. The van der Waals surface area contributed by atoms with E-state index in [9.17, 15) is 9.18 Å². The highest BCUT2D eigenvalue weighted by Crippen LogP contribution is 2.05. The number of rotatable bonds is 5. The molecule has 1 aromatic carbocycles. The minimum Gasteiger partial charge on any atom is -0.356 e. The lowest BCUT2D eigenvalue weighted by atomic mass is 10.2. The van der Waals surface area contributed by atoms with E-state index in [0.29, 0.717) is 25.5 Å². The van der Waals surface area contributed by atoms with Gasteiger partial charge >= 0.3 is 0 Å². The second kappa shape index (κ2) is 10.4. The van der Waals surface area contributed by atoms with Crippen molar-refractivity contribution in [1.29, 1.82) is 0 Å². The molecule has 0 fully saturated rings. The van der Waals surface area contributed by atoms with Gasteiger partial charge in [0, 0.05) is 47.7 Å². The molecule has 0 unspecified atom stereocenters. The van der Waals surface area contributed by atoms with E-state index in [1.807, 2.05) is 11.9 Å². The molecule has 0 radical (unpaired) electrons. The van der Waals surface area contributed by atoms with E-state index in [0.717, 1.165) is 5.56 Å². The van der Waals surface area contributed by atoms with Crippen LogP contribution in [0.3, 0.4) is 0 Å². The van der Waals surface area contributed by atoms with Gasteiger partial charge in [-0.3, -0.25) is 9.79 Å². The fraction of sp³-hybridized carbons (Fsp3) is 0.467. The van der Waals surface area contributed by atoms with Crippen molar-refractivity contribution in [2.75, 3.05) is 34.7 Å². The first-order valence-electron chi connectivity index (χ1n) is 6.80. The summed E-state index contributed by atoms with van der Waals surface area (Å²) in [5, 5.41) is 3.14. The first-order valence-corrected chi connectivity index (χ1v) is 6.80. The maximum absolute atomic E-state index is 12.9. The Balaban J connectivity index is 0.00000441. The normalized spacial score (nSPS) is 10.7. The average Bonchev–Trinajstić information content (AvgIpc) is 2.45. The fourth-order valence-electron chi connectivity index (χ4n) is 1.83. The number of carbonyl (C=O) groups excluding carboxylic acids is 1. The van der Waals surface area contributed by atoms with Gasteiger partial charge < -0.3 is 15.1 Å². The number of aliphatic imine (C=N–C) groups is 1. The summed E-state index contributed by atoms with van der Waals surface area (Å²) in [6.45, 7) is 1.14. The van der Waals surface area contributed by atoms with Gasteiger partial charge in [0.1, 0.15) is 5.82 Å². The number of guanidine groups is 1. The van der Waals surface area contributed by atoms with Crippen LogP contribution in [0, 0.1) is 5.82 Å². The van der Waals surface area contributed by atoms with E-state index in [-0.39, 0.29) is 35.7 Å². The molecule has 0 aliphatic heterocycles. The van der Waals surface area contributed by atoms with Crippen molar-refractivity contribution < 1.29 is 9.18 Å². The number of hydrogen-bond acceptors (Lipinski definition) is 2. The maximum Gasteiger partial charge on any atom is 0.223 e. The molecule has 0 heterocycles. The molecule has 0 spiro atoms. The van der Waals surface area contributed by atoms with Crippen molar-refractivity contribution in [2.24, 2.45) is 4.99 Å². The van der Waals surface area contributed by atoms with Crippen LogP contribution in [0.25, 0.3) is 0 Å². The minimum atomic E-state index is -0.244. The SMILES string of the molecule is CN=C(NCCC(=O)N(C)C)N(C)Cc1ccc(F)cc1.I. The molecule has 1 N–H and O–H groups in total. The summed E-state index contributed by atoms with van der Waals surface area (Å²) >= 11 is 0. The van der Waals surface area contributed by atoms with Crippen LogP contribution in [0.1, 0.15) is 12.0 Å². The second-order valence-corrected chi connectivity index (χ2v) is 4.99. The summed E-state index contributed by atoms with van der Waals surface area (Å²) in [5.74, 6) is 0.524. The van der Waals surface area contributed by atoms with Gasteiger partial charge in [-0.25, -0.2) is 4.39 Å². The van der Waals surface area contributed by atoms with Crippen LogP contribution in [0.15, 0.2) is 29.3 Å². The van der Waals surface area contributed by atoms with E-state index < -0.39 is 0 Å². The first kappa shape index (κ1) is 20.6. The van der Waals surface area contributed by atoms with Crippen LogP contribution < -0.4 is 5.32 Å². The van der Waals surface area contributed by atoms with Gasteiger partial charge in [0.2, 0.25) is 5.91 Å². The second-order valence-electron chi connectivity index (χ2n) is 4.99. The molecule has 124 valence electrons. The third-order valence-electron chi connectivity index (χ3n) is 3.03. The number of hydrogen-bond donors (Lipinski definition) is 1. The Morgan fingerprint density at radius 2 is 1.82 bits per heavy atom. The van der Waals surface area contributed by atoms with Crippen LogP contribution in [-0.4, -0.2) is 56.4 Å². The van der Waals surface area contributed by atoms with Gasteiger partial charge in [-0.05, 0) is 17.7 Å². The summed E-state index contributed by atoms with van der Waals surface area (Å²) in [4.78, 5) is 19.2. The van der Waals surface area contributed by atoms with E-state index >= 15 is 0 Å². The van der Waals surface area contributed by atoms with Crippen LogP contribution in [0.5, 0.6) is 0 Å². The van der Waals surface area contributed by atoms with Crippen LogP contribution in [0.4, 0.5) is 4.39 Å². The summed E-state index contributed by atoms with van der Waals surface area (Å²) < 4.78 is 12.9. The molecule has 0 atom stereocenters. The first-order chi connectivity index (χ1) is 9.93. The molecule has 0 aliphatic rings. The summed E-state index contributed by atoms with van der Waals surface area (Å²) in [7, 11) is 7.05. The van der Waals surface area contributed by atoms with Crippen molar-refractivity contribution in [2.45, 2.75) is 13.0 Å². The van der Waals surface area contributed by atoms with Gasteiger partial charge in [-0.2, -0.15) is 0 Å². The van der Waals surface area contributed by atoms with E-state index in [1.54, 1.807) is 38.2 Å². The van der Waals surface area contributed by atoms with Gasteiger partial charge in [0.25, 0.3) is 0 Å². The maximum atomic E-state index is 12.9. The molecule has 1 aromatic rings. The van der Waals surface area contributed by atoms with Gasteiger partial charge in [-0.1, -0.05) is 12.1 Å². The topological polar surface area (TPSA) is 47.9 Å². The molecule has 1 rings (SSSR count). The fourth-order valence-corrected chi connectivity index (χ4v) is 1.83. The number of halogens is 2. The molecule has 7 heteroatoms. The molecule has 0 saturated heterocycles. The minimum absolute atomic E-state index is 0. The zero-order chi connectivity index (χ0) is 15.8. The van der Waals surface area contributed by atoms with Gasteiger partial charge in [0.15, 0.2) is 5.96 Å². The summed E-state index contributed by atoms with van der Waals surface area (Å²) in [6, 6.07) is 6.37. The molecular weight excluding hydrogens is 398 g/mol. The molecule has 5 nitrogen and oxygen atoms in total. The van der Waals surface area contributed by atoms with Crippen molar-refractivity contribution in [3.63, 3.8) is 0 Å². The number of carbonyl (C=O) groups is 1. The van der Waals surface area contributed by atoms with Gasteiger partial charge in [-0.15, -0.1) is 24.0 Å². The largest absolute Gasteiger partial charge is 0.356 e. The van der Waals surface area contributed by atoms with Crippen molar-refractivity contribution in [1.82, 2.24) is 15.1 Å². The zero-order valence-corrected chi connectivity index (χ0v) is 15.8. The van der Waals surface area contributed by atoms with Crippen LogP contribution in [0.2, 0.25) is 0 Å². The Labute approximate surface area is 148 Å². The number of nitrogens with one attached hydrogen (secondary N) is 1. The van der Waals surface area contributed by atoms with E-state index in [4.69, 9.17) is 0 Å². The van der Waals surface area contributed by atoms with E-state index in [1.165, 1.54) is 12.1 Å². The average molecular weight is 422 g/mol. The zero-order valence-electron chi connectivity index (χ0n) is 13.5. The van der Waals surface area contributed by atoms with Crippen LogP contribution in [-0.2, 0) is 11.3 Å². The molecular formula is C15H24FIN4O. The van der Waals surface area contributed by atoms with Crippen molar-refractivity contribution in [3.05, 3.63) is 35.6 Å². The standard InChI is InChI=1S/C15H23FN4O.HI/c1-17-15(18-10-9-14(21)19(2)3)20(4)11-12-5-7-13(16)8-6-12;/h5-8H,9-11H2,1-4H3,(H,17,18);1H. The molecule has 0 aliphatic carbocycles. The quantitative estimate of drug-likeness (QED) is 0.448. The summed E-state index contributed by atoms with van der Waals surface area (Å²) in [6.07, 6.45) is 0.413. The highest BCUT2D eigenvalue weighted by molar-refractivity contribution is 14.0. The third-order valence-corrected chi connectivity index (χ3v) is 3.03.